The molecular weight excluding hydrogens is 240 g/mol. The van der Waals surface area contributed by atoms with Gasteiger partial charge in [-0.2, -0.15) is 0 Å². The van der Waals surface area contributed by atoms with Gasteiger partial charge >= 0.3 is 0 Å². The molecule has 19 heavy (non-hydrogen) atoms. The molecule has 1 heterocycles. The van der Waals surface area contributed by atoms with Gasteiger partial charge in [0, 0.05) is 32.2 Å². The van der Waals surface area contributed by atoms with E-state index in [2.05, 4.69) is 34.4 Å². The summed E-state index contributed by atoms with van der Waals surface area (Å²) in [6, 6.07) is 0.470. The van der Waals surface area contributed by atoms with Crippen LogP contribution in [0.3, 0.4) is 0 Å². The van der Waals surface area contributed by atoms with Crippen LogP contribution in [0.15, 0.2) is 0 Å². The molecule has 0 unspecified atom stereocenters. The zero-order valence-corrected chi connectivity index (χ0v) is 12.3. The highest BCUT2D eigenvalue weighted by Crippen LogP contribution is 2.28. The summed E-state index contributed by atoms with van der Waals surface area (Å²) in [4.78, 5) is 9.18. The second-order valence-electron chi connectivity index (χ2n) is 5.13. The molecular formula is C14H24N4O. The number of ether oxygens (including phenoxy) is 1. The summed E-state index contributed by atoms with van der Waals surface area (Å²) in [5.41, 5.74) is 1.09. The van der Waals surface area contributed by atoms with E-state index in [0.29, 0.717) is 12.1 Å². The van der Waals surface area contributed by atoms with E-state index in [0.717, 1.165) is 48.7 Å². The van der Waals surface area contributed by atoms with Crippen molar-refractivity contribution >= 4 is 11.6 Å². The van der Waals surface area contributed by atoms with Crippen LogP contribution in [0.5, 0.6) is 0 Å². The van der Waals surface area contributed by atoms with Crippen LogP contribution in [0.1, 0.15) is 37.6 Å². The minimum atomic E-state index is 0.401. The van der Waals surface area contributed by atoms with Crippen molar-refractivity contribution in [1.29, 1.82) is 0 Å². The highest BCUT2D eigenvalue weighted by Gasteiger charge is 2.29. The maximum absolute atomic E-state index is 5.31. The standard InChI is InChI=1S/C14H24N4O/c1-5-6-12-17-13(15-3)9(2)14(18-12)16-10-7-11(8-10)19-4/h10-11H,5-8H2,1-4H3,(H2,15,16,17,18). The summed E-state index contributed by atoms with van der Waals surface area (Å²) < 4.78 is 5.31. The van der Waals surface area contributed by atoms with Gasteiger partial charge in [-0.1, -0.05) is 6.92 Å². The summed E-state index contributed by atoms with van der Waals surface area (Å²) >= 11 is 0. The molecule has 1 aromatic heterocycles. The number of nitrogens with zero attached hydrogens (tertiary/aromatic N) is 2. The van der Waals surface area contributed by atoms with Crippen LogP contribution in [0.4, 0.5) is 11.6 Å². The zero-order chi connectivity index (χ0) is 13.8. The molecule has 0 radical (unpaired) electrons. The number of aryl methyl sites for hydroxylation is 1. The minimum absolute atomic E-state index is 0.401. The Morgan fingerprint density at radius 3 is 2.53 bits per heavy atom. The molecule has 1 aliphatic rings. The Morgan fingerprint density at radius 2 is 1.95 bits per heavy atom. The molecule has 1 saturated carbocycles. The number of methoxy groups -OCH3 is 1. The summed E-state index contributed by atoms with van der Waals surface area (Å²) in [6.07, 6.45) is 4.48. The van der Waals surface area contributed by atoms with Gasteiger partial charge in [-0.15, -0.1) is 0 Å². The number of rotatable bonds is 6. The second kappa shape index (κ2) is 6.19. The van der Waals surface area contributed by atoms with E-state index in [1.165, 1.54) is 0 Å². The molecule has 1 fully saturated rings. The quantitative estimate of drug-likeness (QED) is 0.826. The van der Waals surface area contributed by atoms with Gasteiger partial charge in [-0.05, 0) is 26.2 Å². The predicted octanol–water partition coefficient (Wildman–Crippen LogP) is 2.37. The van der Waals surface area contributed by atoms with Gasteiger partial charge in [0.05, 0.1) is 6.10 Å². The summed E-state index contributed by atoms with van der Waals surface area (Å²) in [6.45, 7) is 4.20. The van der Waals surface area contributed by atoms with Crippen LogP contribution in [0, 0.1) is 6.92 Å². The molecule has 1 aliphatic carbocycles. The first-order chi connectivity index (χ1) is 9.17. The van der Waals surface area contributed by atoms with Crippen molar-refractivity contribution in [3.63, 3.8) is 0 Å². The van der Waals surface area contributed by atoms with Gasteiger partial charge in [-0.3, -0.25) is 0 Å². The Balaban J connectivity index is 2.11. The van der Waals surface area contributed by atoms with Gasteiger partial charge < -0.3 is 15.4 Å². The SMILES string of the molecule is CCCc1nc(NC)c(C)c(NC2CC(OC)C2)n1. The smallest absolute Gasteiger partial charge is 0.134 e. The number of hydrogen-bond acceptors (Lipinski definition) is 5. The topological polar surface area (TPSA) is 59.1 Å². The molecule has 0 aliphatic heterocycles. The summed E-state index contributed by atoms with van der Waals surface area (Å²) in [7, 11) is 3.68. The third-order valence-electron chi connectivity index (χ3n) is 3.67. The van der Waals surface area contributed by atoms with Crippen molar-refractivity contribution in [1.82, 2.24) is 9.97 Å². The fraction of sp³-hybridized carbons (Fsp3) is 0.714. The van der Waals surface area contributed by atoms with E-state index >= 15 is 0 Å². The van der Waals surface area contributed by atoms with Crippen molar-refractivity contribution in [3.05, 3.63) is 11.4 Å². The average molecular weight is 264 g/mol. The Labute approximate surface area is 115 Å². The highest BCUT2D eigenvalue weighted by atomic mass is 16.5. The van der Waals surface area contributed by atoms with Crippen LogP contribution >= 0.6 is 0 Å². The van der Waals surface area contributed by atoms with Gasteiger partial charge in [0.15, 0.2) is 0 Å². The molecule has 2 rings (SSSR count). The fourth-order valence-corrected chi connectivity index (χ4v) is 2.35. The van der Waals surface area contributed by atoms with Gasteiger partial charge in [0.25, 0.3) is 0 Å². The molecule has 1 aromatic rings. The van der Waals surface area contributed by atoms with Crippen LogP contribution < -0.4 is 10.6 Å². The lowest BCUT2D eigenvalue weighted by atomic mass is 9.89. The van der Waals surface area contributed by atoms with Gasteiger partial charge in [-0.25, -0.2) is 9.97 Å². The Hall–Kier alpha value is -1.36. The second-order valence-corrected chi connectivity index (χ2v) is 5.13. The predicted molar refractivity (Wildman–Crippen MR) is 77.8 cm³/mol. The number of anilines is 2. The maximum atomic E-state index is 5.31. The first kappa shape index (κ1) is 14.1. The van der Waals surface area contributed by atoms with E-state index in [-0.39, 0.29) is 0 Å². The first-order valence-corrected chi connectivity index (χ1v) is 7.02. The lowest BCUT2D eigenvalue weighted by Gasteiger charge is -2.35. The molecule has 2 N–H and O–H groups in total. The highest BCUT2D eigenvalue weighted by molar-refractivity contribution is 5.57. The van der Waals surface area contributed by atoms with Gasteiger partial charge in [0.2, 0.25) is 0 Å². The van der Waals surface area contributed by atoms with Crippen molar-refractivity contribution < 1.29 is 4.74 Å². The van der Waals surface area contributed by atoms with E-state index in [1.807, 2.05) is 7.05 Å². The van der Waals surface area contributed by atoms with Crippen LogP contribution in [0.2, 0.25) is 0 Å². The third kappa shape index (κ3) is 3.15. The van der Waals surface area contributed by atoms with E-state index in [4.69, 9.17) is 4.74 Å². The van der Waals surface area contributed by atoms with E-state index < -0.39 is 0 Å². The maximum Gasteiger partial charge on any atom is 0.134 e. The van der Waals surface area contributed by atoms with Crippen molar-refractivity contribution in [2.24, 2.45) is 0 Å². The monoisotopic (exact) mass is 264 g/mol. The number of hydrogen-bond donors (Lipinski definition) is 2. The Morgan fingerprint density at radius 1 is 1.26 bits per heavy atom. The molecule has 0 amide bonds. The van der Waals surface area contributed by atoms with Crippen LogP contribution in [-0.4, -0.2) is 36.3 Å². The molecule has 0 atom stereocenters. The lowest BCUT2D eigenvalue weighted by Crippen LogP contribution is -2.40. The van der Waals surface area contributed by atoms with Crippen LogP contribution in [0.25, 0.3) is 0 Å². The molecule has 106 valence electrons. The van der Waals surface area contributed by atoms with Crippen LogP contribution in [-0.2, 0) is 11.2 Å². The third-order valence-corrected chi connectivity index (χ3v) is 3.67. The van der Waals surface area contributed by atoms with E-state index in [9.17, 15) is 0 Å². The molecule has 5 heteroatoms. The normalized spacial score (nSPS) is 21.9. The summed E-state index contributed by atoms with van der Waals surface area (Å²) in [5, 5.41) is 6.66. The lowest BCUT2D eigenvalue weighted by molar-refractivity contribution is 0.0327. The molecule has 0 bridgehead atoms. The van der Waals surface area contributed by atoms with Crippen molar-refractivity contribution in [2.45, 2.75) is 51.7 Å². The zero-order valence-electron chi connectivity index (χ0n) is 12.3. The minimum Gasteiger partial charge on any atom is -0.381 e. The molecule has 0 aromatic carbocycles. The molecule has 0 saturated heterocycles. The molecule has 0 spiro atoms. The largest absolute Gasteiger partial charge is 0.381 e. The average Bonchev–Trinajstić information content (AvgIpc) is 2.36. The number of aromatic nitrogens is 2. The first-order valence-electron chi connectivity index (χ1n) is 7.02. The molecule has 5 nitrogen and oxygen atoms in total. The Kier molecular flexibility index (Phi) is 4.58. The van der Waals surface area contributed by atoms with Gasteiger partial charge in [0.1, 0.15) is 17.5 Å². The van der Waals surface area contributed by atoms with E-state index in [1.54, 1.807) is 7.11 Å². The Bertz CT molecular complexity index is 430. The number of nitrogens with one attached hydrogen (secondary N) is 2. The van der Waals surface area contributed by atoms with Crippen molar-refractivity contribution in [2.75, 3.05) is 24.8 Å². The fourth-order valence-electron chi connectivity index (χ4n) is 2.35. The van der Waals surface area contributed by atoms with Crippen molar-refractivity contribution in [3.8, 4) is 0 Å². The summed E-state index contributed by atoms with van der Waals surface area (Å²) in [5.74, 6) is 2.79.